The molecular weight excluding hydrogens is 504 g/mol. The summed E-state index contributed by atoms with van der Waals surface area (Å²) < 4.78 is 2.21. The Balaban J connectivity index is 1.16. The predicted molar refractivity (Wildman–Crippen MR) is 157 cm³/mol. The summed E-state index contributed by atoms with van der Waals surface area (Å²) in [5.41, 5.74) is 3.49. The maximum absolute atomic E-state index is 13.2. The van der Waals surface area contributed by atoms with Crippen LogP contribution in [0.25, 0.3) is 11.4 Å². The van der Waals surface area contributed by atoms with Gasteiger partial charge in [0, 0.05) is 68.0 Å². The second-order valence-corrected chi connectivity index (χ2v) is 10.5. The predicted octanol–water partition coefficient (Wildman–Crippen LogP) is 4.11. The number of anilines is 4. The number of aryl methyl sites for hydroxylation is 1. The first-order valence-corrected chi connectivity index (χ1v) is 13.9. The maximum Gasteiger partial charge on any atom is 0.263 e. The van der Waals surface area contributed by atoms with Gasteiger partial charge in [-0.25, -0.2) is 0 Å². The van der Waals surface area contributed by atoms with E-state index in [1.807, 2.05) is 48.5 Å². The van der Waals surface area contributed by atoms with E-state index in [9.17, 15) is 9.59 Å². The van der Waals surface area contributed by atoms with Crippen molar-refractivity contribution in [3.63, 3.8) is 0 Å². The molecule has 4 aromatic rings. The first kappa shape index (κ1) is 25.8. The highest BCUT2D eigenvalue weighted by molar-refractivity contribution is 6.08. The molecule has 0 spiro atoms. The van der Waals surface area contributed by atoms with Crippen molar-refractivity contribution in [3.05, 3.63) is 82.5 Å². The fourth-order valence-corrected chi connectivity index (χ4v) is 5.38. The van der Waals surface area contributed by atoms with E-state index >= 15 is 0 Å². The molecule has 0 radical (unpaired) electrons. The molecule has 10 heteroatoms. The molecule has 10 nitrogen and oxygen atoms in total. The van der Waals surface area contributed by atoms with Gasteiger partial charge in [0.1, 0.15) is 11.4 Å². The topological polar surface area (TPSA) is 111 Å². The Labute approximate surface area is 233 Å². The van der Waals surface area contributed by atoms with Crippen LogP contribution in [0.3, 0.4) is 0 Å². The molecule has 1 fully saturated rings. The number of nitrogens with zero attached hydrogens (tertiary/aromatic N) is 5. The molecule has 40 heavy (non-hydrogen) atoms. The zero-order chi connectivity index (χ0) is 27.5. The number of hydrogen-bond acceptors (Lipinski definition) is 7. The molecule has 0 atom stereocenters. The van der Waals surface area contributed by atoms with Crippen molar-refractivity contribution in [2.45, 2.75) is 32.2 Å². The van der Waals surface area contributed by atoms with Crippen molar-refractivity contribution in [1.82, 2.24) is 24.6 Å². The molecule has 0 unspecified atom stereocenters. The van der Waals surface area contributed by atoms with E-state index in [0.717, 1.165) is 80.6 Å². The first-order chi connectivity index (χ1) is 19.5. The second-order valence-electron chi connectivity index (χ2n) is 10.5. The van der Waals surface area contributed by atoms with Crippen LogP contribution < -0.4 is 21.1 Å². The second kappa shape index (κ2) is 11.4. The maximum atomic E-state index is 13.2. The number of H-pyrrole nitrogens is 1. The Bertz CT molecular complexity index is 1530. The van der Waals surface area contributed by atoms with Gasteiger partial charge in [0.25, 0.3) is 11.5 Å². The van der Waals surface area contributed by atoms with Gasteiger partial charge >= 0.3 is 0 Å². The third-order valence-electron chi connectivity index (χ3n) is 7.71. The fraction of sp³-hybridized carbons (Fsp3) is 0.333. The van der Waals surface area contributed by atoms with Crippen LogP contribution in [-0.2, 0) is 13.0 Å². The quantitative estimate of drug-likeness (QED) is 0.339. The number of piperazine rings is 1. The van der Waals surface area contributed by atoms with Crippen LogP contribution in [0.2, 0.25) is 0 Å². The first-order valence-electron chi connectivity index (χ1n) is 13.9. The molecule has 6 rings (SSSR count). The summed E-state index contributed by atoms with van der Waals surface area (Å²) in [5.74, 6) is 1.45. The molecule has 0 saturated carbocycles. The minimum Gasteiger partial charge on any atom is -0.369 e. The zero-order valence-electron chi connectivity index (χ0n) is 22.7. The fourth-order valence-electron chi connectivity index (χ4n) is 5.38. The van der Waals surface area contributed by atoms with Gasteiger partial charge in [-0.3, -0.25) is 9.59 Å². The van der Waals surface area contributed by atoms with Crippen LogP contribution in [0.15, 0.2) is 65.6 Å². The Morgan fingerprint density at radius 1 is 0.850 bits per heavy atom. The van der Waals surface area contributed by atoms with Crippen LogP contribution in [0.1, 0.15) is 35.4 Å². The van der Waals surface area contributed by atoms with Gasteiger partial charge in [-0.15, -0.1) is 10.2 Å². The number of carbonyl (C=O) groups is 1. The summed E-state index contributed by atoms with van der Waals surface area (Å²) in [4.78, 5) is 33.2. The van der Waals surface area contributed by atoms with Gasteiger partial charge in [0.05, 0.1) is 5.69 Å². The molecule has 1 amide bonds. The van der Waals surface area contributed by atoms with Crippen molar-refractivity contribution in [3.8, 4) is 11.4 Å². The van der Waals surface area contributed by atoms with E-state index in [1.165, 1.54) is 12.6 Å². The number of nitrogens with one attached hydrogen (secondary N) is 3. The number of hydrogen-bond donors (Lipinski definition) is 3. The highest BCUT2D eigenvalue weighted by atomic mass is 16.2. The van der Waals surface area contributed by atoms with Crippen molar-refractivity contribution in [2.75, 3.05) is 48.8 Å². The summed E-state index contributed by atoms with van der Waals surface area (Å²) in [6, 6.07) is 17.3. The molecule has 2 aromatic carbocycles. The number of aromatic amines is 1. The summed E-state index contributed by atoms with van der Waals surface area (Å²) in [7, 11) is 2.13. The lowest BCUT2D eigenvalue weighted by molar-refractivity contribution is 0.102. The van der Waals surface area contributed by atoms with Crippen molar-refractivity contribution >= 4 is 28.7 Å². The van der Waals surface area contributed by atoms with E-state index in [2.05, 4.69) is 47.2 Å². The van der Waals surface area contributed by atoms with Crippen molar-refractivity contribution < 1.29 is 4.79 Å². The molecule has 2 aromatic heterocycles. The van der Waals surface area contributed by atoms with Gasteiger partial charge in [0.2, 0.25) is 0 Å². The van der Waals surface area contributed by atoms with E-state index < -0.39 is 11.5 Å². The molecule has 0 bridgehead atoms. The van der Waals surface area contributed by atoms with Crippen molar-refractivity contribution in [2.24, 2.45) is 0 Å². The van der Waals surface area contributed by atoms with Crippen LogP contribution in [0, 0.1) is 0 Å². The van der Waals surface area contributed by atoms with E-state index in [1.54, 1.807) is 6.07 Å². The Hall–Kier alpha value is -4.44. The van der Waals surface area contributed by atoms with E-state index in [-0.39, 0.29) is 5.56 Å². The minimum absolute atomic E-state index is 0.0255. The van der Waals surface area contributed by atoms with E-state index in [0.29, 0.717) is 11.4 Å². The third kappa shape index (κ3) is 5.48. The normalized spacial score (nSPS) is 15.8. The van der Waals surface area contributed by atoms with Gasteiger partial charge in [0.15, 0.2) is 5.82 Å². The van der Waals surface area contributed by atoms with E-state index in [4.69, 9.17) is 0 Å². The summed E-state index contributed by atoms with van der Waals surface area (Å²) in [5, 5.41) is 15.0. The molecular formula is C30H34N8O2. The molecule has 2 aliphatic rings. The number of carbonyl (C=O) groups excluding carboxylic acids is 1. The van der Waals surface area contributed by atoms with Gasteiger partial charge in [-0.2, -0.15) is 0 Å². The van der Waals surface area contributed by atoms with Gasteiger partial charge < -0.3 is 30.0 Å². The van der Waals surface area contributed by atoms with Crippen LogP contribution in [-0.4, -0.2) is 63.8 Å². The highest BCUT2D eigenvalue weighted by Gasteiger charge is 2.19. The Morgan fingerprint density at radius 3 is 2.38 bits per heavy atom. The average Bonchev–Trinajstić information content (AvgIpc) is 3.22. The third-order valence-corrected chi connectivity index (χ3v) is 7.71. The number of amides is 1. The number of pyridine rings is 1. The SMILES string of the molecule is CN1CCN(c2ccc(NC(=O)c3c(Nc4ccc(-c5nnc6n5CCCCC6)cc4)cc[nH]c3=O)cc2)CC1. The molecule has 0 aliphatic carbocycles. The summed E-state index contributed by atoms with van der Waals surface area (Å²) >= 11 is 0. The molecule has 206 valence electrons. The summed E-state index contributed by atoms with van der Waals surface area (Å²) in [6.45, 7) is 4.92. The highest BCUT2D eigenvalue weighted by Crippen LogP contribution is 2.26. The van der Waals surface area contributed by atoms with Crippen LogP contribution in [0.5, 0.6) is 0 Å². The Kier molecular flexibility index (Phi) is 7.33. The monoisotopic (exact) mass is 538 g/mol. The lowest BCUT2D eigenvalue weighted by Crippen LogP contribution is -2.44. The minimum atomic E-state index is -0.473. The van der Waals surface area contributed by atoms with Crippen LogP contribution >= 0.6 is 0 Å². The number of benzene rings is 2. The lowest BCUT2D eigenvalue weighted by atomic mass is 10.1. The number of rotatable bonds is 6. The number of fused-ring (bicyclic) bond motifs is 1. The van der Waals surface area contributed by atoms with Gasteiger partial charge in [-0.1, -0.05) is 6.42 Å². The Morgan fingerprint density at radius 2 is 1.60 bits per heavy atom. The van der Waals surface area contributed by atoms with Gasteiger partial charge in [-0.05, 0) is 74.5 Å². The molecule has 1 saturated heterocycles. The molecule has 4 heterocycles. The van der Waals surface area contributed by atoms with Crippen LogP contribution in [0.4, 0.5) is 22.7 Å². The molecule has 3 N–H and O–H groups in total. The number of aromatic nitrogens is 4. The average molecular weight is 539 g/mol. The zero-order valence-corrected chi connectivity index (χ0v) is 22.7. The smallest absolute Gasteiger partial charge is 0.263 e. The van der Waals surface area contributed by atoms with Crippen molar-refractivity contribution in [1.29, 1.82) is 0 Å². The summed E-state index contributed by atoms with van der Waals surface area (Å²) in [6.07, 6.45) is 5.98. The standard InChI is InChI=1S/C30H34N8O2/c1-36-17-19-37(20-18-36)24-12-10-23(11-13-24)33-30(40)27-25(14-15-31-29(27)39)32-22-8-6-21(7-9-22)28-35-34-26-5-3-2-4-16-38(26)28/h6-15H,2-5,16-20H2,1H3,(H,33,40)(H2,31,32,39). The molecule has 2 aliphatic heterocycles. The lowest BCUT2D eigenvalue weighted by Gasteiger charge is -2.34. The number of likely N-dealkylation sites (N-methyl/N-ethyl adjacent to an activating group) is 1. The largest absolute Gasteiger partial charge is 0.369 e.